The Kier molecular flexibility index (Phi) is 4.41. The van der Waals surface area contributed by atoms with Crippen LogP contribution in [0.25, 0.3) is 10.7 Å². The van der Waals surface area contributed by atoms with Crippen molar-refractivity contribution in [3.05, 3.63) is 65.3 Å². The second-order valence-electron chi connectivity index (χ2n) is 4.77. The summed E-state index contributed by atoms with van der Waals surface area (Å²) in [5, 5.41) is 14.2. The fourth-order valence-electron chi connectivity index (χ4n) is 1.99. The van der Waals surface area contributed by atoms with Crippen molar-refractivity contribution in [2.75, 3.05) is 5.32 Å². The molecular weight excluding hydrogens is 308 g/mol. The highest BCUT2D eigenvalue weighted by Gasteiger charge is 2.10. The summed E-state index contributed by atoms with van der Waals surface area (Å²) in [4.78, 5) is 20.7. The van der Waals surface area contributed by atoms with Gasteiger partial charge in [0.1, 0.15) is 5.01 Å². The first-order valence-corrected chi connectivity index (χ1v) is 7.78. The lowest BCUT2D eigenvalue weighted by atomic mass is 10.2. The summed E-state index contributed by atoms with van der Waals surface area (Å²) in [7, 11) is 0. The molecule has 0 aliphatic heterocycles. The topological polar surface area (TPSA) is 78.7 Å². The Morgan fingerprint density at radius 1 is 1.22 bits per heavy atom. The monoisotopic (exact) mass is 320 g/mol. The van der Waals surface area contributed by atoms with E-state index < -0.39 is 0 Å². The summed E-state index contributed by atoms with van der Waals surface area (Å²) in [6.45, 7) is 0. The maximum Gasteiger partial charge on any atom is 0.230 e. The highest BCUT2D eigenvalue weighted by atomic mass is 32.1. The van der Waals surface area contributed by atoms with Crippen molar-refractivity contribution in [2.45, 2.75) is 6.42 Å². The number of amides is 1. The Labute approximate surface area is 137 Å². The predicted molar refractivity (Wildman–Crippen MR) is 88.8 cm³/mol. The average Bonchev–Trinajstić information content (AvgIpc) is 3.04. The molecule has 0 saturated heterocycles. The van der Waals surface area contributed by atoms with Crippen LogP contribution in [0, 0.1) is 11.3 Å². The number of carbonyl (C=O) groups is 1. The molecule has 0 spiro atoms. The lowest BCUT2D eigenvalue weighted by Gasteiger charge is -2.03. The first kappa shape index (κ1) is 14.9. The van der Waals surface area contributed by atoms with Crippen molar-refractivity contribution in [1.82, 2.24) is 9.97 Å². The van der Waals surface area contributed by atoms with Gasteiger partial charge >= 0.3 is 0 Å². The van der Waals surface area contributed by atoms with E-state index in [-0.39, 0.29) is 12.3 Å². The van der Waals surface area contributed by atoms with Crippen molar-refractivity contribution in [1.29, 1.82) is 5.26 Å². The zero-order chi connectivity index (χ0) is 16.1. The normalized spacial score (nSPS) is 10.0. The summed E-state index contributed by atoms with van der Waals surface area (Å²) < 4.78 is 0. The molecule has 3 rings (SSSR count). The van der Waals surface area contributed by atoms with Gasteiger partial charge in [0, 0.05) is 17.3 Å². The molecule has 1 aromatic carbocycles. The molecule has 0 aliphatic rings. The van der Waals surface area contributed by atoms with E-state index in [1.807, 2.05) is 29.6 Å². The Bertz CT molecular complexity index is 850. The lowest BCUT2D eigenvalue weighted by molar-refractivity contribution is -0.115. The molecule has 0 unspecified atom stereocenters. The van der Waals surface area contributed by atoms with E-state index in [2.05, 4.69) is 15.3 Å². The van der Waals surface area contributed by atoms with Gasteiger partial charge in [0.15, 0.2) is 0 Å². The van der Waals surface area contributed by atoms with Crippen molar-refractivity contribution >= 4 is 22.9 Å². The molecule has 1 amide bonds. The van der Waals surface area contributed by atoms with E-state index in [1.165, 1.54) is 11.3 Å². The van der Waals surface area contributed by atoms with Crippen molar-refractivity contribution in [3.63, 3.8) is 0 Å². The molecule has 0 bridgehead atoms. The fraction of sp³-hybridized carbons (Fsp3) is 0.0588. The first-order valence-electron chi connectivity index (χ1n) is 6.90. The third-order valence-corrected chi connectivity index (χ3v) is 3.99. The molecule has 23 heavy (non-hydrogen) atoms. The van der Waals surface area contributed by atoms with Crippen LogP contribution in [0.1, 0.15) is 11.3 Å². The number of nitrogens with zero attached hydrogens (tertiary/aromatic N) is 3. The molecule has 0 fully saturated rings. The Morgan fingerprint density at radius 2 is 2.04 bits per heavy atom. The maximum atomic E-state index is 12.1. The van der Waals surface area contributed by atoms with Crippen LogP contribution in [0.4, 0.5) is 5.69 Å². The van der Waals surface area contributed by atoms with Crippen LogP contribution in [0.5, 0.6) is 0 Å². The zero-order valence-corrected chi connectivity index (χ0v) is 12.9. The van der Waals surface area contributed by atoms with Crippen LogP contribution in [-0.2, 0) is 11.2 Å². The molecule has 112 valence electrons. The van der Waals surface area contributed by atoms with E-state index >= 15 is 0 Å². The molecule has 0 radical (unpaired) electrons. The van der Waals surface area contributed by atoms with E-state index in [4.69, 9.17) is 5.26 Å². The second-order valence-corrected chi connectivity index (χ2v) is 5.63. The smallest absolute Gasteiger partial charge is 0.230 e. The minimum atomic E-state index is -0.146. The number of anilines is 1. The third-order valence-electron chi connectivity index (χ3n) is 3.08. The number of nitrogens with one attached hydrogen (secondary N) is 1. The number of nitriles is 1. The van der Waals surface area contributed by atoms with Gasteiger partial charge in [-0.3, -0.25) is 9.78 Å². The van der Waals surface area contributed by atoms with Crippen LogP contribution >= 0.6 is 11.3 Å². The van der Waals surface area contributed by atoms with Gasteiger partial charge in [0.25, 0.3) is 0 Å². The predicted octanol–water partition coefficient (Wildman–Crippen LogP) is 3.26. The van der Waals surface area contributed by atoms with E-state index in [1.54, 1.807) is 30.5 Å². The summed E-state index contributed by atoms with van der Waals surface area (Å²) in [5.74, 6) is -0.146. The summed E-state index contributed by atoms with van der Waals surface area (Å²) in [6.07, 6.45) is 1.91. The average molecular weight is 320 g/mol. The van der Waals surface area contributed by atoms with Gasteiger partial charge in [0.2, 0.25) is 5.91 Å². The molecule has 3 aromatic rings. The first-order chi connectivity index (χ1) is 11.2. The Balaban J connectivity index is 1.64. The van der Waals surface area contributed by atoms with Crippen molar-refractivity contribution in [3.8, 4) is 16.8 Å². The Morgan fingerprint density at radius 3 is 2.74 bits per heavy atom. The van der Waals surface area contributed by atoms with Gasteiger partial charge in [-0.2, -0.15) is 5.26 Å². The van der Waals surface area contributed by atoms with Gasteiger partial charge < -0.3 is 5.32 Å². The number of hydrogen-bond donors (Lipinski definition) is 1. The number of hydrogen-bond acceptors (Lipinski definition) is 5. The number of benzene rings is 1. The van der Waals surface area contributed by atoms with Crippen molar-refractivity contribution < 1.29 is 4.79 Å². The van der Waals surface area contributed by atoms with E-state index in [0.29, 0.717) is 16.9 Å². The highest BCUT2D eigenvalue weighted by Crippen LogP contribution is 2.21. The SMILES string of the molecule is N#Cc1ccc(NC(=O)Cc2csc(-c3ccccn3)n2)cc1. The number of pyridine rings is 1. The molecule has 0 saturated carbocycles. The second kappa shape index (κ2) is 6.81. The maximum absolute atomic E-state index is 12.1. The molecule has 0 aliphatic carbocycles. The van der Waals surface area contributed by atoms with Gasteiger partial charge in [-0.1, -0.05) is 6.07 Å². The fourth-order valence-corrected chi connectivity index (χ4v) is 2.79. The van der Waals surface area contributed by atoms with Crippen molar-refractivity contribution in [2.24, 2.45) is 0 Å². The van der Waals surface area contributed by atoms with Gasteiger partial charge in [0.05, 0.1) is 29.4 Å². The van der Waals surface area contributed by atoms with Crippen LogP contribution in [0.2, 0.25) is 0 Å². The summed E-state index contributed by atoms with van der Waals surface area (Å²) in [6, 6.07) is 14.4. The summed E-state index contributed by atoms with van der Waals surface area (Å²) >= 11 is 1.47. The number of rotatable bonds is 4. The van der Waals surface area contributed by atoms with Crippen LogP contribution in [0.3, 0.4) is 0 Å². The molecule has 6 heteroatoms. The minimum absolute atomic E-state index is 0.146. The van der Waals surface area contributed by atoms with E-state index in [9.17, 15) is 4.79 Å². The molecule has 0 atom stereocenters. The van der Waals surface area contributed by atoms with Gasteiger partial charge in [-0.25, -0.2) is 4.98 Å². The third kappa shape index (κ3) is 3.78. The molecule has 2 heterocycles. The van der Waals surface area contributed by atoms with Crippen LogP contribution in [-0.4, -0.2) is 15.9 Å². The standard InChI is InChI=1S/C17H12N4OS/c18-10-12-4-6-13(7-5-12)20-16(22)9-14-11-23-17(21-14)15-3-1-2-8-19-15/h1-8,11H,9H2,(H,20,22). The van der Waals surface area contributed by atoms with Gasteiger partial charge in [-0.05, 0) is 36.4 Å². The molecule has 5 nitrogen and oxygen atoms in total. The molecular formula is C17H12N4OS. The number of aromatic nitrogens is 2. The quantitative estimate of drug-likeness (QED) is 0.800. The summed E-state index contributed by atoms with van der Waals surface area (Å²) in [5.41, 5.74) is 2.73. The van der Waals surface area contributed by atoms with Gasteiger partial charge in [-0.15, -0.1) is 11.3 Å². The molecule has 1 N–H and O–H groups in total. The number of thiazole rings is 1. The zero-order valence-electron chi connectivity index (χ0n) is 12.1. The largest absolute Gasteiger partial charge is 0.326 e. The van der Waals surface area contributed by atoms with Crippen LogP contribution < -0.4 is 5.32 Å². The highest BCUT2D eigenvalue weighted by molar-refractivity contribution is 7.13. The molecule has 2 aromatic heterocycles. The Hall–Kier alpha value is -3.04. The lowest BCUT2D eigenvalue weighted by Crippen LogP contribution is -2.14. The van der Waals surface area contributed by atoms with Crippen LogP contribution in [0.15, 0.2) is 54.0 Å². The minimum Gasteiger partial charge on any atom is -0.326 e. The van der Waals surface area contributed by atoms with E-state index in [0.717, 1.165) is 10.7 Å². The number of carbonyl (C=O) groups excluding carboxylic acids is 1.